The number of esters is 2. The van der Waals surface area contributed by atoms with Gasteiger partial charge in [0.15, 0.2) is 33.9 Å². The Morgan fingerprint density at radius 2 is 0.718 bits per heavy atom. The molecule has 18 rings (SSSR count). The molecule has 0 unspecified atom stereocenters. The van der Waals surface area contributed by atoms with Crippen LogP contribution in [0.4, 0.5) is 0 Å². The van der Waals surface area contributed by atoms with Gasteiger partial charge in [-0.3, -0.25) is 9.36 Å². The Hall–Kier alpha value is -11.3. The molecule has 734 valence electrons. The van der Waals surface area contributed by atoms with Crippen LogP contribution >= 0.6 is 84.7 Å². The van der Waals surface area contributed by atoms with Crippen LogP contribution in [-0.4, -0.2) is 147 Å². The summed E-state index contributed by atoms with van der Waals surface area (Å²) in [5.41, 5.74) is 17.9. The normalized spacial score (nSPS) is 12.6. The Morgan fingerprint density at radius 3 is 1.05 bits per heavy atom. The van der Waals surface area contributed by atoms with Crippen LogP contribution in [0.1, 0.15) is 173 Å². The first-order chi connectivity index (χ1) is 67.7. The molecule has 0 saturated heterocycles. The third kappa shape index (κ3) is 24.2. The van der Waals surface area contributed by atoms with Crippen molar-refractivity contribution in [2.45, 2.75) is 191 Å². The van der Waals surface area contributed by atoms with E-state index < -0.39 is 71.4 Å². The fourth-order valence-corrected chi connectivity index (χ4v) is 37.2. The number of benzene rings is 9. The molecule has 3 atom stereocenters. The molecule has 0 fully saturated rings. The summed E-state index contributed by atoms with van der Waals surface area (Å²) in [6.07, 6.45) is 16.0. The number of aliphatic carboxylic acids is 1. The Labute approximate surface area is 866 Å². The van der Waals surface area contributed by atoms with Crippen LogP contribution in [0.15, 0.2) is 205 Å². The molecule has 0 bridgehead atoms. The molecular weight excluding hydrogens is 2080 g/mol. The topological polar surface area (TPSA) is 287 Å². The van der Waals surface area contributed by atoms with Crippen LogP contribution in [0.25, 0.3) is 152 Å². The second kappa shape index (κ2) is 44.9. The fraction of sp³-hybridized carbons (Fsp3) is 0.318. The number of carbonyl (C=O) groups is 3. The Balaban J connectivity index is 0.000000146. The van der Waals surface area contributed by atoms with E-state index in [2.05, 4.69) is 96.2 Å². The minimum atomic E-state index is -2.53. The minimum Gasteiger partial charge on any atom is -0.479 e. The smallest absolute Gasteiger partial charge is 0.339 e. The van der Waals surface area contributed by atoms with E-state index >= 15 is 0 Å². The Kier molecular flexibility index (Phi) is 33.2. The van der Waals surface area contributed by atoms with Gasteiger partial charge in [0.1, 0.15) is 21.4 Å². The van der Waals surface area contributed by atoms with Crippen molar-refractivity contribution in [1.82, 2.24) is 74.2 Å². The first-order valence-corrected chi connectivity index (χ1v) is 59.0. The molecule has 0 amide bonds. The van der Waals surface area contributed by atoms with Crippen LogP contribution in [0, 0.1) is 20.8 Å². The maximum atomic E-state index is 13.2. The van der Waals surface area contributed by atoms with Crippen molar-refractivity contribution in [3.8, 4) is 88.9 Å². The summed E-state index contributed by atoms with van der Waals surface area (Å²) >= 11 is 24.0. The molecule has 1 N–H and O–H groups in total. The van der Waals surface area contributed by atoms with E-state index in [0.29, 0.717) is 48.7 Å². The first kappa shape index (κ1) is 105. The van der Waals surface area contributed by atoms with Crippen molar-refractivity contribution < 1.29 is 43.2 Å². The minimum absolute atomic E-state index is 0.434. The number of thiazole rings is 3. The number of aromatic nitrogens is 15. The largest absolute Gasteiger partial charge is 0.479 e. The molecule has 0 aliphatic carbocycles. The zero-order chi connectivity index (χ0) is 102. The number of ether oxygens (including phenoxy) is 5. The van der Waals surface area contributed by atoms with Gasteiger partial charge in [-0.2, -0.15) is 10.2 Å². The fourth-order valence-electron chi connectivity index (χ4n) is 17.7. The summed E-state index contributed by atoms with van der Waals surface area (Å²) in [7, 11) is 8.56. The third-order valence-electron chi connectivity index (χ3n) is 24.4. The Morgan fingerprint density at radius 1 is 0.408 bits per heavy atom. The standard InChI is InChI=1S/C33H30ClN5O3S.C32H28ClN5O3S.C21H21BrClNO3S.C12H9N4.3C4H9.Sn/c1-18-15-24-29(27(19-7-10-22(34)11-8-19)26(18)28(32(40)41-6)42-33(2,3)4)43-31(38-24)23-13-14-35-30(37-23)20-9-12-25-21(16-20)17-36-39(25)5;1-17-14-23-28(26(18-6-9-21(33)10-7-18)25(17)27(31(39)40)41-32(2,3)4)42-30(37-23)22-12-13-34-29(36-22)19-8-11-24-20(15-19)16-35-38(24)5;1-11-10-14-18(28-20(22)24-14)16(12-6-8-13(23)9-7-12)15(11)17(19(25)26-5)27-21(2,3)4;1-16-11-4-3-9(7-10(11)8-15-16)12-13-5-2-6-14-12;3*1-3-4-2;/h7-17,28H,1-6H3;6-16,27H,1-5H3,(H,39,40);6-10,17H,1-5H3;2-5,7-8H,1H3;3*1,3-4H2,2H3;/t28-;27-;17-;;;;;/m000...../s1. The summed E-state index contributed by atoms with van der Waals surface area (Å²) in [6.45, 7) is 29.9. The van der Waals surface area contributed by atoms with Gasteiger partial charge in [0, 0.05) is 96.8 Å². The number of unbranched alkanes of at least 4 members (excludes halogenated alkanes) is 3. The zero-order valence-electron chi connectivity index (χ0n) is 83.3. The molecule has 24 nitrogen and oxygen atoms in total. The molecule has 0 saturated carbocycles. The van der Waals surface area contributed by atoms with E-state index in [1.54, 1.807) is 24.5 Å². The van der Waals surface area contributed by atoms with Crippen molar-refractivity contribution in [3.05, 3.63) is 253 Å². The van der Waals surface area contributed by atoms with Gasteiger partial charge in [-0.15, -0.1) is 34.0 Å². The molecule has 0 aliphatic heterocycles. The number of aryl methyl sites for hydroxylation is 6. The number of rotatable bonds is 27. The van der Waals surface area contributed by atoms with Crippen molar-refractivity contribution in [2.75, 3.05) is 14.2 Å². The van der Waals surface area contributed by atoms with Crippen LogP contribution < -0.4 is 3.71 Å². The quantitative estimate of drug-likeness (QED) is 0.0370. The summed E-state index contributed by atoms with van der Waals surface area (Å²) in [4.78, 5) is 81.8. The summed E-state index contributed by atoms with van der Waals surface area (Å²) in [6, 6.07) is 52.9. The second-order valence-electron chi connectivity index (χ2n) is 38.2. The number of fused-ring (bicyclic) bond motifs is 6. The number of hydrogen-bond donors (Lipinski definition) is 1. The Bertz CT molecular complexity index is 7640. The van der Waals surface area contributed by atoms with E-state index in [9.17, 15) is 19.5 Å². The number of carbonyl (C=O) groups excluding carboxylic acids is 2. The van der Waals surface area contributed by atoms with E-state index in [4.69, 9.17) is 83.4 Å². The van der Waals surface area contributed by atoms with Gasteiger partial charge in [0.25, 0.3) is 0 Å². The SMILES string of the molecule is CCC[CH2][Sn]([CH2]CCC)([CH2]CCC)[c]1ccnc(-c2ccc3c(cnn3C)c2)n1.COC(=O)[C@@H](OC(C)(C)C)c1c(C)cc2nc(-c3ccnc(-c4ccc5c(cnn5C)c4)n3)sc2c1-c1ccc(Cl)cc1.COC(=O)[C@@H](OC(C)(C)C)c1c(C)cc2nc(Br)sc2c1-c1ccc(Cl)cc1.Cc1cc2nc(-c3ccnc(-c4ccc5c(cnn5C)c4)n3)sc2c(-c2ccc(Cl)cc2)c1[C@H](OC(C)(C)C)C(=O)O. The summed E-state index contributed by atoms with van der Waals surface area (Å²) in [5, 5.41) is 29.8. The van der Waals surface area contributed by atoms with Crippen LogP contribution in [0.3, 0.4) is 0 Å². The number of hydrogen-bond acceptors (Lipinski definition) is 23. The van der Waals surface area contributed by atoms with Crippen molar-refractivity contribution in [3.63, 3.8) is 0 Å². The van der Waals surface area contributed by atoms with E-state index in [0.717, 1.165) is 156 Å². The molecule has 32 heteroatoms. The van der Waals surface area contributed by atoms with Gasteiger partial charge < -0.3 is 28.8 Å². The van der Waals surface area contributed by atoms with Crippen molar-refractivity contribution in [2.24, 2.45) is 21.1 Å². The van der Waals surface area contributed by atoms with Crippen LogP contribution in [0.2, 0.25) is 28.4 Å². The van der Waals surface area contributed by atoms with Crippen molar-refractivity contribution in [1.29, 1.82) is 0 Å². The average molecular weight is 2190 g/mol. The first-order valence-electron chi connectivity index (χ1n) is 47.2. The summed E-state index contributed by atoms with van der Waals surface area (Å²) < 4.78 is 43.8. The second-order valence-corrected chi connectivity index (χ2v) is 56.9. The molecule has 0 spiro atoms. The van der Waals surface area contributed by atoms with Gasteiger partial charge in [-0.05, 0) is 236 Å². The molecular formula is C110H115BrCl3N15O9S3Sn. The van der Waals surface area contributed by atoms with Crippen molar-refractivity contribution >= 4 is 188 Å². The zero-order valence-corrected chi connectivity index (χ0v) is 92.5. The molecule has 142 heavy (non-hydrogen) atoms. The number of carboxylic acid groups (broad SMARTS) is 1. The summed E-state index contributed by atoms with van der Waals surface area (Å²) in [5.74, 6) is 0.107. The molecule has 9 aromatic carbocycles. The number of nitrogens with zero attached hydrogens (tertiary/aromatic N) is 15. The van der Waals surface area contributed by atoms with E-state index in [-0.39, 0.29) is 0 Å². The van der Waals surface area contributed by atoms with E-state index in [1.165, 1.54) is 104 Å². The van der Waals surface area contributed by atoms with Gasteiger partial charge in [0.2, 0.25) is 0 Å². The maximum Gasteiger partial charge on any atom is 0.339 e. The number of methoxy groups -OCH3 is 2. The average Bonchev–Trinajstić information content (AvgIpc) is 1.56. The maximum absolute atomic E-state index is 13.2. The molecule has 18 aromatic rings. The molecule has 0 aliphatic rings. The third-order valence-corrected chi connectivity index (χ3v) is 44.0. The van der Waals surface area contributed by atoms with Crippen LogP contribution in [-0.2, 0) is 59.2 Å². The molecule has 0 radical (unpaired) electrons. The van der Waals surface area contributed by atoms with Gasteiger partial charge in [-0.25, -0.2) is 49.3 Å². The van der Waals surface area contributed by atoms with Gasteiger partial charge in [0.05, 0.1) is 85.1 Å². The number of halogens is 4. The van der Waals surface area contributed by atoms with E-state index in [1.807, 2.05) is 270 Å². The predicted octanol–water partition coefficient (Wildman–Crippen LogP) is 28.6. The predicted molar refractivity (Wildman–Crippen MR) is 582 cm³/mol. The van der Waals surface area contributed by atoms with Gasteiger partial charge in [-0.1, -0.05) is 71.2 Å². The molecule has 9 heterocycles. The van der Waals surface area contributed by atoms with Gasteiger partial charge >= 0.3 is 198 Å². The number of carboxylic acids is 1. The monoisotopic (exact) mass is 2190 g/mol. The molecule has 9 aromatic heterocycles. The van der Waals surface area contributed by atoms with Crippen LogP contribution in [0.5, 0.6) is 0 Å².